The van der Waals surface area contributed by atoms with Crippen LogP contribution in [-0.2, 0) is 6.42 Å². The summed E-state index contributed by atoms with van der Waals surface area (Å²) in [5.74, 6) is 1.98. The maximum Gasteiger partial charge on any atom is 0.193 e. The number of ether oxygens (including phenoxy) is 2. The number of guanidine groups is 1. The zero-order valence-corrected chi connectivity index (χ0v) is 15.6. The molecule has 142 valence electrons. The van der Waals surface area contributed by atoms with Gasteiger partial charge >= 0.3 is 0 Å². The molecule has 5 nitrogen and oxygen atoms in total. The van der Waals surface area contributed by atoms with E-state index in [1.807, 2.05) is 18.2 Å². The molecule has 1 saturated carbocycles. The van der Waals surface area contributed by atoms with Crippen molar-refractivity contribution in [2.45, 2.75) is 32.1 Å². The Balaban J connectivity index is 1.40. The Hall–Kier alpha value is -2.69. The molecule has 4 rings (SSSR count). The van der Waals surface area contributed by atoms with Crippen LogP contribution in [0.4, 0.5) is 5.69 Å². The number of rotatable bonds is 5. The van der Waals surface area contributed by atoms with Crippen molar-refractivity contribution < 1.29 is 9.47 Å². The molecule has 0 spiro atoms. The van der Waals surface area contributed by atoms with E-state index in [4.69, 9.17) is 15.2 Å². The predicted octanol–water partition coefficient (Wildman–Crippen LogP) is 3.99. The molecule has 0 amide bonds. The van der Waals surface area contributed by atoms with Gasteiger partial charge in [0.2, 0.25) is 0 Å². The topological polar surface area (TPSA) is 68.9 Å². The van der Waals surface area contributed by atoms with Crippen molar-refractivity contribution in [3.63, 3.8) is 0 Å². The highest BCUT2D eigenvalue weighted by Gasteiger charge is 2.36. The molecule has 0 radical (unpaired) electrons. The van der Waals surface area contributed by atoms with E-state index in [0.717, 1.165) is 36.6 Å². The normalized spacial score (nSPS) is 18.3. The van der Waals surface area contributed by atoms with Crippen LogP contribution in [0.5, 0.6) is 11.5 Å². The Bertz CT molecular complexity index is 800. The molecule has 2 aromatic rings. The highest BCUT2D eigenvalue weighted by atomic mass is 16.5. The van der Waals surface area contributed by atoms with Crippen molar-refractivity contribution in [3.05, 3.63) is 54.1 Å². The summed E-state index contributed by atoms with van der Waals surface area (Å²) in [6, 6.07) is 16.4. The maximum absolute atomic E-state index is 6.16. The molecular formula is C22H27N3O2. The van der Waals surface area contributed by atoms with E-state index in [2.05, 4.69) is 40.6 Å². The Morgan fingerprint density at radius 3 is 2.52 bits per heavy atom. The lowest BCUT2D eigenvalue weighted by molar-refractivity contribution is 0.145. The third-order valence-electron chi connectivity index (χ3n) is 5.44. The first-order valence-electron chi connectivity index (χ1n) is 9.73. The molecule has 2 aliphatic rings. The van der Waals surface area contributed by atoms with Gasteiger partial charge in [-0.15, -0.1) is 0 Å². The summed E-state index contributed by atoms with van der Waals surface area (Å²) in [4.78, 5) is 4.65. The van der Waals surface area contributed by atoms with Crippen LogP contribution in [0.3, 0.4) is 0 Å². The van der Waals surface area contributed by atoms with Crippen LogP contribution in [0.15, 0.2) is 53.5 Å². The van der Waals surface area contributed by atoms with Crippen molar-refractivity contribution in [1.29, 1.82) is 0 Å². The summed E-state index contributed by atoms with van der Waals surface area (Å²) >= 11 is 0. The summed E-state index contributed by atoms with van der Waals surface area (Å²) in [7, 11) is 0. The fraction of sp³-hybridized carbons (Fsp3) is 0.409. The standard InChI is InChI=1S/C22H27N3O2/c23-21(25-18-8-9-19-20(14-18)27-13-5-12-26-19)24-16-22(10-4-11-22)15-17-6-2-1-3-7-17/h1-3,6-9,14H,4-5,10-13,15-16H2,(H3,23,24,25). The maximum atomic E-state index is 6.16. The van der Waals surface area contributed by atoms with Gasteiger partial charge in [-0.25, -0.2) is 0 Å². The number of nitrogens with two attached hydrogens (primary N) is 1. The number of nitrogens with one attached hydrogen (secondary N) is 1. The summed E-state index contributed by atoms with van der Waals surface area (Å²) < 4.78 is 11.4. The van der Waals surface area contributed by atoms with Crippen LogP contribution in [0.2, 0.25) is 0 Å². The molecule has 3 N–H and O–H groups in total. The van der Waals surface area contributed by atoms with Crippen LogP contribution in [0.25, 0.3) is 0 Å². The molecule has 1 fully saturated rings. The van der Waals surface area contributed by atoms with Crippen LogP contribution in [0.1, 0.15) is 31.2 Å². The average Bonchev–Trinajstić information content (AvgIpc) is 2.89. The minimum absolute atomic E-state index is 0.248. The minimum Gasteiger partial charge on any atom is -0.490 e. The lowest BCUT2D eigenvalue weighted by Gasteiger charge is -2.41. The second-order valence-electron chi connectivity index (χ2n) is 7.55. The molecule has 0 saturated heterocycles. The monoisotopic (exact) mass is 365 g/mol. The van der Waals surface area contributed by atoms with Gasteiger partial charge in [0.15, 0.2) is 17.5 Å². The Morgan fingerprint density at radius 2 is 1.78 bits per heavy atom. The van der Waals surface area contributed by atoms with E-state index in [1.54, 1.807) is 0 Å². The van der Waals surface area contributed by atoms with Crippen LogP contribution in [0, 0.1) is 5.41 Å². The van der Waals surface area contributed by atoms with E-state index in [-0.39, 0.29) is 5.41 Å². The molecule has 0 atom stereocenters. The molecule has 0 unspecified atom stereocenters. The van der Waals surface area contributed by atoms with E-state index < -0.39 is 0 Å². The number of benzene rings is 2. The van der Waals surface area contributed by atoms with E-state index >= 15 is 0 Å². The molecule has 0 bridgehead atoms. The first kappa shape index (κ1) is 17.7. The summed E-state index contributed by atoms with van der Waals surface area (Å²) in [5.41, 5.74) is 8.65. The van der Waals surface area contributed by atoms with Gasteiger partial charge in [-0.05, 0) is 42.4 Å². The van der Waals surface area contributed by atoms with E-state index in [0.29, 0.717) is 19.2 Å². The molecular weight excluding hydrogens is 338 g/mol. The first-order chi connectivity index (χ1) is 13.2. The van der Waals surface area contributed by atoms with E-state index in [9.17, 15) is 0 Å². The molecule has 27 heavy (non-hydrogen) atoms. The number of aliphatic imine (C=N–C) groups is 1. The second-order valence-corrected chi connectivity index (χ2v) is 7.55. The smallest absolute Gasteiger partial charge is 0.193 e. The molecule has 2 aromatic carbocycles. The minimum atomic E-state index is 0.248. The Labute approximate surface area is 160 Å². The van der Waals surface area contributed by atoms with Gasteiger partial charge in [0.25, 0.3) is 0 Å². The lowest BCUT2D eigenvalue weighted by Crippen LogP contribution is -2.36. The second kappa shape index (κ2) is 7.91. The van der Waals surface area contributed by atoms with Crippen LogP contribution >= 0.6 is 0 Å². The van der Waals surface area contributed by atoms with Crippen molar-refractivity contribution in [2.24, 2.45) is 16.1 Å². The van der Waals surface area contributed by atoms with Gasteiger partial charge in [0.1, 0.15) is 0 Å². The number of nitrogens with zero attached hydrogens (tertiary/aromatic N) is 1. The van der Waals surface area contributed by atoms with Crippen molar-refractivity contribution in [3.8, 4) is 11.5 Å². The SMILES string of the molecule is NC(=NCC1(Cc2ccccc2)CCC1)Nc1ccc2c(c1)OCCCO2. The molecule has 5 heteroatoms. The average molecular weight is 365 g/mol. The number of anilines is 1. The van der Waals surface area contributed by atoms with Gasteiger partial charge in [-0.1, -0.05) is 36.8 Å². The zero-order chi connectivity index (χ0) is 18.5. The van der Waals surface area contributed by atoms with Gasteiger partial charge in [0.05, 0.1) is 13.2 Å². The van der Waals surface area contributed by atoms with Gasteiger partial charge < -0.3 is 20.5 Å². The quantitative estimate of drug-likeness (QED) is 0.621. The third-order valence-corrected chi connectivity index (χ3v) is 5.44. The van der Waals surface area contributed by atoms with Crippen molar-refractivity contribution >= 4 is 11.6 Å². The number of hydrogen-bond donors (Lipinski definition) is 2. The molecule has 1 aliphatic carbocycles. The zero-order valence-electron chi connectivity index (χ0n) is 15.6. The third kappa shape index (κ3) is 4.35. The highest BCUT2D eigenvalue weighted by Crippen LogP contribution is 2.44. The Kier molecular flexibility index (Phi) is 5.19. The van der Waals surface area contributed by atoms with Crippen LogP contribution < -0.4 is 20.5 Å². The molecule has 0 aromatic heterocycles. The highest BCUT2D eigenvalue weighted by molar-refractivity contribution is 5.92. The Morgan fingerprint density at radius 1 is 1.00 bits per heavy atom. The first-order valence-corrected chi connectivity index (χ1v) is 9.73. The van der Waals surface area contributed by atoms with Gasteiger partial charge in [0, 0.05) is 24.7 Å². The molecule has 1 heterocycles. The summed E-state index contributed by atoms with van der Waals surface area (Å²) in [6.45, 7) is 2.11. The fourth-order valence-corrected chi connectivity index (χ4v) is 3.78. The summed E-state index contributed by atoms with van der Waals surface area (Å²) in [5, 5.41) is 3.19. The molecule has 1 aliphatic heterocycles. The number of fused-ring (bicyclic) bond motifs is 1. The number of hydrogen-bond acceptors (Lipinski definition) is 3. The fourth-order valence-electron chi connectivity index (χ4n) is 3.78. The lowest BCUT2D eigenvalue weighted by atomic mass is 9.65. The van der Waals surface area contributed by atoms with Crippen LogP contribution in [-0.4, -0.2) is 25.7 Å². The van der Waals surface area contributed by atoms with E-state index in [1.165, 1.54) is 24.8 Å². The van der Waals surface area contributed by atoms with Crippen molar-refractivity contribution in [1.82, 2.24) is 0 Å². The van der Waals surface area contributed by atoms with Gasteiger partial charge in [-0.2, -0.15) is 0 Å². The van der Waals surface area contributed by atoms with Crippen molar-refractivity contribution in [2.75, 3.05) is 25.1 Å². The van der Waals surface area contributed by atoms with Gasteiger partial charge in [-0.3, -0.25) is 4.99 Å². The predicted molar refractivity (Wildman–Crippen MR) is 109 cm³/mol. The summed E-state index contributed by atoms with van der Waals surface area (Å²) in [6.07, 6.45) is 5.66. The largest absolute Gasteiger partial charge is 0.490 e.